The van der Waals surface area contributed by atoms with Crippen LogP contribution in [-0.4, -0.2) is 28.4 Å². The summed E-state index contributed by atoms with van der Waals surface area (Å²) < 4.78 is 11.4. The molecule has 1 fully saturated rings. The average Bonchev–Trinajstić information content (AvgIpc) is 3.50. The van der Waals surface area contributed by atoms with Gasteiger partial charge in [-0.05, 0) is 44.2 Å². The number of aryl methyl sites for hydroxylation is 1. The Morgan fingerprint density at radius 1 is 1.12 bits per heavy atom. The number of hydrogen-bond acceptors (Lipinski definition) is 5. The fourth-order valence-corrected chi connectivity index (χ4v) is 4.27. The van der Waals surface area contributed by atoms with E-state index in [2.05, 4.69) is 4.98 Å². The van der Waals surface area contributed by atoms with Crippen molar-refractivity contribution in [3.63, 3.8) is 0 Å². The Morgan fingerprint density at radius 3 is 2.70 bits per heavy atom. The number of aliphatic hydroxyl groups excluding tert-OH is 1. The second kappa shape index (κ2) is 8.02. The molecule has 2 aromatic carbocycles. The third kappa shape index (κ3) is 3.38. The highest BCUT2D eigenvalue weighted by Gasteiger charge is 2.48. The Kier molecular flexibility index (Phi) is 5.01. The van der Waals surface area contributed by atoms with E-state index >= 15 is 0 Å². The zero-order valence-corrected chi connectivity index (χ0v) is 18.2. The lowest BCUT2D eigenvalue weighted by Gasteiger charge is -2.23. The number of benzene rings is 2. The van der Waals surface area contributed by atoms with E-state index < -0.39 is 17.7 Å². The molecule has 7 nitrogen and oxygen atoms in total. The molecule has 3 heterocycles. The lowest BCUT2D eigenvalue weighted by atomic mass is 9.99. The van der Waals surface area contributed by atoms with E-state index in [9.17, 15) is 14.7 Å². The molecule has 2 N–H and O–H groups in total. The van der Waals surface area contributed by atoms with Crippen LogP contribution in [0.1, 0.15) is 30.0 Å². The fraction of sp³-hybridized carbons (Fsp3) is 0.154. The first-order valence-electron chi connectivity index (χ1n) is 10.7. The molecule has 5 rings (SSSR count). The molecule has 166 valence electrons. The van der Waals surface area contributed by atoms with E-state index in [4.69, 9.17) is 9.15 Å². The highest BCUT2D eigenvalue weighted by Crippen LogP contribution is 2.44. The number of aliphatic hydroxyl groups is 1. The van der Waals surface area contributed by atoms with Gasteiger partial charge in [0.1, 0.15) is 29.1 Å². The van der Waals surface area contributed by atoms with Crippen LogP contribution in [0, 0.1) is 6.92 Å². The number of carbonyl (C=O) groups excluding carboxylic acids is 2. The highest BCUT2D eigenvalue weighted by molar-refractivity contribution is 6.51. The van der Waals surface area contributed by atoms with Crippen molar-refractivity contribution >= 4 is 34.0 Å². The fourth-order valence-electron chi connectivity index (χ4n) is 4.27. The van der Waals surface area contributed by atoms with Crippen molar-refractivity contribution in [1.82, 2.24) is 4.98 Å². The number of aromatic amines is 1. The molecule has 1 amide bonds. The topological polar surface area (TPSA) is 95.8 Å². The number of Topliss-reactive ketones (excluding diaryl/α,β-unsaturated/α-hetero) is 1. The number of carbonyl (C=O) groups is 2. The van der Waals surface area contributed by atoms with Gasteiger partial charge in [0, 0.05) is 34.4 Å². The molecule has 4 aromatic rings. The summed E-state index contributed by atoms with van der Waals surface area (Å²) in [5.41, 5.74) is 1.70. The number of nitrogens with zero attached hydrogens (tertiary/aromatic N) is 1. The number of furan rings is 1. The smallest absolute Gasteiger partial charge is 0.300 e. The summed E-state index contributed by atoms with van der Waals surface area (Å²) in [6.07, 6.45) is 1.63. The summed E-state index contributed by atoms with van der Waals surface area (Å²) in [6.45, 7) is 4.11. The van der Waals surface area contributed by atoms with Crippen LogP contribution in [-0.2, 0) is 9.59 Å². The number of para-hydroxylation sites is 1. The summed E-state index contributed by atoms with van der Waals surface area (Å²) in [7, 11) is 0. The maximum absolute atomic E-state index is 13.3. The number of anilines is 1. The minimum atomic E-state index is -0.927. The van der Waals surface area contributed by atoms with Crippen LogP contribution in [0.5, 0.6) is 5.75 Å². The SMILES string of the molecule is CCOc1cccc(N2C(=O)C(=O)/C(=C(\O)c3c[nH]c4ccccc34)C2c2ccc(C)o2)c1. The van der Waals surface area contributed by atoms with Crippen LogP contribution in [0.2, 0.25) is 0 Å². The molecule has 0 saturated carbocycles. The molecule has 0 spiro atoms. The Morgan fingerprint density at radius 2 is 1.94 bits per heavy atom. The van der Waals surface area contributed by atoms with Crippen molar-refractivity contribution in [2.45, 2.75) is 19.9 Å². The Balaban J connectivity index is 1.72. The number of nitrogens with one attached hydrogen (secondary N) is 1. The molecular weight excluding hydrogens is 420 g/mol. The first kappa shape index (κ1) is 20.6. The molecule has 1 aliphatic rings. The van der Waals surface area contributed by atoms with Crippen molar-refractivity contribution in [3.05, 3.63) is 89.5 Å². The summed E-state index contributed by atoms with van der Waals surface area (Å²) in [5.74, 6) is -0.195. The minimum absolute atomic E-state index is 0.0269. The van der Waals surface area contributed by atoms with Gasteiger partial charge in [0.25, 0.3) is 11.7 Å². The maximum Gasteiger partial charge on any atom is 0.300 e. The Labute approximate surface area is 189 Å². The second-order valence-electron chi connectivity index (χ2n) is 7.80. The summed E-state index contributed by atoms with van der Waals surface area (Å²) in [6, 6.07) is 16.9. The number of fused-ring (bicyclic) bond motifs is 1. The molecule has 1 saturated heterocycles. The van der Waals surface area contributed by atoms with Crippen molar-refractivity contribution in [1.29, 1.82) is 0 Å². The van der Waals surface area contributed by atoms with Crippen LogP contribution in [0.15, 0.2) is 76.9 Å². The van der Waals surface area contributed by atoms with Gasteiger partial charge in [-0.25, -0.2) is 0 Å². The van der Waals surface area contributed by atoms with Crippen LogP contribution in [0.3, 0.4) is 0 Å². The number of ketones is 1. The Hall–Kier alpha value is -4.26. The zero-order chi connectivity index (χ0) is 23.1. The first-order valence-corrected chi connectivity index (χ1v) is 10.7. The van der Waals surface area contributed by atoms with Crippen LogP contribution < -0.4 is 9.64 Å². The van der Waals surface area contributed by atoms with Crippen molar-refractivity contribution in [3.8, 4) is 5.75 Å². The third-order valence-electron chi connectivity index (χ3n) is 5.73. The predicted molar refractivity (Wildman–Crippen MR) is 124 cm³/mol. The molecule has 7 heteroatoms. The molecule has 33 heavy (non-hydrogen) atoms. The van der Waals surface area contributed by atoms with E-state index in [1.54, 1.807) is 49.5 Å². The van der Waals surface area contributed by atoms with Gasteiger partial charge in [-0.1, -0.05) is 24.3 Å². The molecule has 1 unspecified atom stereocenters. The molecule has 2 aromatic heterocycles. The number of rotatable bonds is 5. The normalized spacial score (nSPS) is 17.8. The molecule has 0 bridgehead atoms. The van der Waals surface area contributed by atoms with E-state index in [0.29, 0.717) is 35.1 Å². The van der Waals surface area contributed by atoms with Crippen molar-refractivity contribution < 1.29 is 23.8 Å². The van der Waals surface area contributed by atoms with Crippen LogP contribution >= 0.6 is 0 Å². The summed E-state index contributed by atoms with van der Waals surface area (Å²) in [5, 5.41) is 12.1. The third-order valence-corrected chi connectivity index (χ3v) is 5.73. The van der Waals surface area contributed by atoms with Gasteiger partial charge in [0.05, 0.1) is 12.2 Å². The van der Waals surface area contributed by atoms with Gasteiger partial charge in [-0.3, -0.25) is 14.5 Å². The highest BCUT2D eigenvalue weighted by atomic mass is 16.5. The van der Waals surface area contributed by atoms with Crippen LogP contribution in [0.25, 0.3) is 16.7 Å². The zero-order valence-electron chi connectivity index (χ0n) is 18.2. The first-order chi connectivity index (χ1) is 16.0. The maximum atomic E-state index is 13.3. The second-order valence-corrected chi connectivity index (χ2v) is 7.80. The van der Waals surface area contributed by atoms with Gasteiger partial charge in [-0.15, -0.1) is 0 Å². The molecule has 0 aliphatic carbocycles. The quantitative estimate of drug-likeness (QED) is 0.255. The van der Waals surface area contributed by atoms with E-state index in [0.717, 1.165) is 10.9 Å². The van der Waals surface area contributed by atoms with Crippen molar-refractivity contribution in [2.24, 2.45) is 0 Å². The van der Waals surface area contributed by atoms with Gasteiger partial charge in [0.15, 0.2) is 0 Å². The van der Waals surface area contributed by atoms with E-state index in [1.807, 2.05) is 31.2 Å². The Bertz CT molecular complexity index is 1410. The average molecular weight is 442 g/mol. The van der Waals surface area contributed by atoms with Gasteiger partial charge in [0.2, 0.25) is 0 Å². The predicted octanol–water partition coefficient (Wildman–Crippen LogP) is 5.09. The number of ether oxygens (including phenoxy) is 1. The van der Waals surface area contributed by atoms with Gasteiger partial charge < -0.3 is 19.2 Å². The summed E-state index contributed by atoms with van der Waals surface area (Å²) >= 11 is 0. The van der Waals surface area contributed by atoms with Crippen LogP contribution in [0.4, 0.5) is 5.69 Å². The standard InChI is InChI=1S/C26H22N2O5/c1-3-32-17-8-6-7-16(13-17)28-23(21-12-11-15(2)33-21)22(25(30)26(28)31)24(29)19-14-27-20-10-5-4-9-18(19)20/h4-14,23,27,29H,3H2,1-2H3/b24-22-. The molecule has 1 atom stereocenters. The number of aromatic nitrogens is 1. The number of H-pyrrole nitrogens is 1. The van der Waals surface area contributed by atoms with E-state index in [-0.39, 0.29) is 11.3 Å². The molecular formula is C26H22N2O5. The largest absolute Gasteiger partial charge is 0.507 e. The number of amides is 1. The monoisotopic (exact) mass is 442 g/mol. The number of hydrogen-bond donors (Lipinski definition) is 2. The summed E-state index contributed by atoms with van der Waals surface area (Å²) in [4.78, 5) is 31.0. The van der Waals surface area contributed by atoms with Gasteiger partial charge in [-0.2, -0.15) is 0 Å². The lowest BCUT2D eigenvalue weighted by molar-refractivity contribution is -0.132. The van der Waals surface area contributed by atoms with Gasteiger partial charge >= 0.3 is 0 Å². The van der Waals surface area contributed by atoms with E-state index in [1.165, 1.54) is 4.90 Å². The molecule has 1 aliphatic heterocycles. The minimum Gasteiger partial charge on any atom is -0.507 e. The lowest BCUT2D eigenvalue weighted by Crippen LogP contribution is -2.29. The molecule has 0 radical (unpaired) electrons. The van der Waals surface area contributed by atoms with Crippen molar-refractivity contribution in [2.75, 3.05) is 11.5 Å².